The second-order valence-electron chi connectivity index (χ2n) is 3.73. The smallest absolute Gasteiger partial charge is 0.320 e. The number of carboxylic acid groups (broad SMARTS) is 1. The summed E-state index contributed by atoms with van der Waals surface area (Å²) in [6.07, 6.45) is 0.389. The average molecular weight is 278 g/mol. The highest BCUT2D eigenvalue weighted by molar-refractivity contribution is 6.30. The molecule has 2 atom stereocenters. The fraction of sp³-hybridized carbons (Fsp3) is 0.364. The van der Waals surface area contributed by atoms with Crippen LogP contribution in [0.5, 0.6) is 5.75 Å². The first-order valence-electron chi connectivity index (χ1n) is 5.03. The summed E-state index contributed by atoms with van der Waals surface area (Å²) in [6.45, 7) is 0.555. The fourth-order valence-corrected chi connectivity index (χ4v) is 1.81. The Balaban J connectivity index is 0.00000144. The van der Waals surface area contributed by atoms with Gasteiger partial charge in [-0.2, -0.15) is 0 Å². The zero-order chi connectivity index (χ0) is 11.5. The summed E-state index contributed by atoms with van der Waals surface area (Å²) in [5.41, 5.74) is 0. The minimum Gasteiger partial charge on any atom is -0.489 e. The summed E-state index contributed by atoms with van der Waals surface area (Å²) < 4.78 is 5.63. The van der Waals surface area contributed by atoms with Crippen molar-refractivity contribution in [3.05, 3.63) is 29.3 Å². The standard InChI is InChI=1S/C11H12ClNO3.ClH/c12-7-1-3-8(4-2-7)16-9-5-10(11(14)15)13-6-9;/h1-4,9-10,13H,5-6H2,(H,14,15);1H. The van der Waals surface area contributed by atoms with Crippen molar-refractivity contribution in [2.24, 2.45) is 0 Å². The second-order valence-corrected chi connectivity index (χ2v) is 4.16. The van der Waals surface area contributed by atoms with Crippen molar-refractivity contribution in [2.75, 3.05) is 6.54 Å². The third-order valence-corrected chi connectivity index (χ3v) is 2.76. The zero-order valence-corrected chi connectivity index (χ0v) is 10.5. The van der Waals surface area contributed by atoms with E-state index in [2.05, 4.69) is 5.32 Å². The molecule has 1 saturated heterocycles. The van der Waals surface area contributed by atoms with Gasteiger partial charge in [-0.1, -0.05) is 11.6 Å². The molecule has 2 N–H and O–H groups in total. The number of halogens is 2. The van der Waals surface area contributed by atoms with Crippen molar-refractivity contribution >= 4 is 30.0 Å². The van der Waals surface area contributed by atoms with Crippen molar-refractivity contribution in [2.45, 2.75) is 18.6 Å². The number of rotatable bonds is 3. The Kier molecular flexibility index (Phi) is 5.05. The van der Waals surface area contributed by atoms with Gasteiger partial charge in [0.15, 0.2) is 0 Å². The monoisotopic (exact) mass is 277 g/mol. The van der Waals surface area contributed by atoms with E-state index in [1.165, 1.54) is 0 Å². The summed E-state index contributed by atoms with van der Waals surface area (Å²) in [5, 5.41) is 12.3. The van der Waals surface area contributed by atoms with E-state index in [9.17, 15) is 4.79 Å². The van der Waals surface area contributed by atoms with Gasteiger partial charge in [0, 0.05) is 18.0 Å². The number of carboxylic acids is 1. The summed E-state index contributed by atoms with van der Waals surface area (Å²) in [7, 11) is 0. The number of hydrogen-bond donors (Lipinski definition) is 2. The van der Waals surface area contributed by atoms with Gasteiger partial charge in [0.1, 0.15) is 17.9 Å². The molecule has 1 aromatic carbocycles. The Morgan fingerprint density at radius 2 is 2.06 bits per heavy atom. The molecule has 94 valence electrons. The lowest BCUT2D eigenvalue weighted by Crippen LogP contribution is -2.30. The zero-order valence-electron chi connectivity index (χ0n) is 8.93. The van der Waals surface area contributed by atoms with Crippen LogP contribution in [0.25, 0.3) is 0 Å². The van der Waals surface area contributed by atoms with Crippen molar-refractivity contribution in [1.82, 2.24) is 5.32 Å². The van der Waals surface area contributed by atoms with Gasteiger partial charge < -0.3 is 15.2 Å². The van der Waals surface area contributed by atoms with E-state index in [-0.39, 0.29) is 18.5 Å². The van der Waals surface area contributed by atoms with Crippen molar-refractivity contribution in [3.8, 4) is 5.75 Å². The first-order chi connectivity index (χ1) is 7.65. The fourth-order valence-electron chi connectivity index (χ4n) is 1.69. The summed E-state index contributed by atoms with van der Waals surface area (Å²) in [4.78, 5) is 10.7. The Morgan fingerprint density at radius 3 is 2.59 bits per heavy atom. The van der Waals surface area contributed by atoms with Gasteiger partial charge in [0.25, 0.3) is 0 Å². The Morgan fingerprint density at radius 1 is 1.41 bits per heavy atom. The van der Waals surface area contributed by atoms with Crippen LogP contribution in [0.15, 0.2) is 24.3 Å². The van der Waals surface area contributed by atoms with Crippen molar-refractivity contribution < 1.29 is 14.6 Å². The first-order valence-corrected chi connectivity index (χ1v) is 5.41. The first kappa shape index (κ1) is 14.1. The van der Waals surface area contributed by atoms with Gasteiger partial charge in [-0.05, 0) is 24.3 Å². The van der Waals surface area contributed by atoms with Crippen LogP contribution >= 0.6 is 24.0 Å². The van der Waals surface area contributed by atoms with E-state index in [0.29, 0.717) is 23.7 Å². The molecule has 0 amide bonds. The van der Waals surface area contributed by atoms with E-state index in [1.54, 1.807) is 24.3 Å². The highest BCUT2D eigenvalue weighted by atomic mass is 35.5. The van der Waals surface area contributed by atoms with E-state index in [1.807, 2.05) is 0 Å². The molecule has 1 heterocycles. The topological polar surface area (TPSA) is 58.6 Å². The van der Waals surface area contributed by atoms with E-state index >= 15 is 0 Å². The van der Waals surface area contributed by atoms with Crippen LogP contribution in [0.3, 0.4) is 0 Å². The average Bonchev–Trinajstić information content (AvgIpc) is 2.70. The molecule has 0 saturated carbocycles. The molecule has 2 unspecified atom stereocenters. The molecule has 2 rings (SSSR count). The predicted octanol–water partition coefficient (Wildman–Crippen LogP) is 1.96. The van der Waals surface area contributed by atoms with E-state index < -0.39 is 12.0 Å². The molecular weight excluding hydrogens is 265 g/mol. The summed E-state index contributed by atoms with van der Waals surface area (Å²) in [5.74, 6) is -0.121. The number of ether oxygens (including phenoxy) is 1. The minimum absolute atomic E-state index is 0. The van der Waals surface area contributed by atoms with Crippen LogP contribution in [0.4, 0.5) is 0 Å². The SMILES string of the molecule is Cl.O=C(O)C1CC(Oc2ccc(Cl)cc2)CN1. The van der Waals surface area contributed by atoms with Crippen LogP contribution in [0.2, 0.25) is 5.02 Å². The van der Waals surface area contributed by atoms with Gasteiger partial charge in [-0.25, -0.2) is 0 Å². The van der Waals surface area contributed by atoms with Crippen LogP contribution in [-0.2, 0) is 4.79 Å². The molecule has 1 aromatic rings. The number of nitrogens with one attached hydrogen (secondary N) is 1. The molecular formula is C11H13Cl2NO3. The number of benzene rings is 1. The van der Waals surface area contributed by atoms with Gasteiger partial charge >= 0.3 is 5.97 Å². The molecule has 17 heavy (non-hydrogen) atoms. The molecule has 0 spiro atoms. The molecule has 1 aliphatic heterocycles. The molecule has 4 nitrogen and oxygen atoms in total. The van der Waals surface area contributed by atoms with Gasteiger partial charge in [0.05, 0.1) is 0 Å². The van der Waals surface area contributed by atoms with Crippen LogP contribution in [-0.4, -0.2) is 29.8 Å². The molecule has 0 bridgehead atoms. The normalized spacial score (nSPS) is 22.9. The van der Waals surface area contributed by atoms with Crippen molar-refractivity contribution in [3.63, 3.8) is 0 Å². The highest BCUT2D eigenvalue weighted by Crippen LogP contribution is 2.19. The Bertz CT molecular complexity index is 383. The Hall–Kier alpha value is -0.970. The van der Waals surface area contributed by atoms with Gasteiger partial charge in [-0.3, -0.25) is 4.79 Å². The molecule has 0 aliphatic carbocycles. The number of aliphatic carboxylic acids is 1. The summed E-state index contributed by atoms with van der Waals surface area (Å²) >= 11 is 5.75. The molecule has 6 heteroatoms. The second kappa shape index (κ2) is 6.10. The lowest BCUT2D eigenvalue weighted by Gasteiger charge is -2.12. The predicted molar refractivity (Wildman–Crippen MR) is 67.2 cm³/mol. The minimum atomic E-state index is -0.831. The maximum absolute atomic E-state index is 10.7. The maximum atomic E-state index is 10.7. The molecule has 0 aromatic heterocycles. The van der Waals surface area contributed by atoms with Crippen LogP contribution in [0.1, 0.15) is 6.42 Å². The van der Waals surface area contributed by atoms with Gasteiger partial charge in [0.2, 0.25) is 0 Å². The third kappa shape index (κ3) is 3.77. The number of carbonyl (C=O) groups is 1. The highest BCUT2D eigenvalue weighted by Gasteiger charge is 2.30. The molecule has 1 aliphatic rings. The number of hydrogen-bond acceptors (Lipinski definition) is 3. The lowest BCUT2D eigenvalue weighted by molar-refractivity contribution is -0.139. The largest absolute Gasteiger partial charge is 0.489 e. The molecule has 0 radical (unpaired) electrons. The van der Waals surface area contributed by atoms with E-state index in [4.69, 9.17) is 21.4 Å². The molecule has 1 fully saturated rings. The third-order valence-electron chi connectivity index (χ3n) is 2.50. The summed E-state index contributed by atoms with van der Waals surface area (Å²) in [6, 6.07) is 6.53. The van der Waals surface area contributed by atoms with Gasteiger partial charge in [-0.15, -0.1) is 12.4 Å². The lowest BCUT2D eigenvalue weighted by atomic mass is 10.2. The quantitative estimate of drug-likeness (QED) is 0.887. The van der Waals surface area contributed by atoms with E-state index in [0.717, 1.165) is 0 Å². The Labute approximate surface area is 110 Å². The van der Waals surface area contributed by atoms with Crippen LogP contribution < -0.4 is 10.1 Å². The van der Waals surface area contributed by atoms with Crippen LogP contribution in [0, 0.1) is 0 Å². The maximum Gasteiger partial charge on any atom is 0.320 e. The van der Waals surface area contributed by atoms with Crippen molar-refractivity contribution in [1.29, 1.82) is 0 Å².